The number of hydrogen-bond donors (Lipinski definition) is 2. The molecule has 1 saturated heterocycles. The molecule has 0 radical (unpaired) electrons. The molecule has 2 atom stereocenters. The number of aliphatic imine (C=N–C) groups is 1. The molecule has 11 heteroatoms. The van der Waals surface area contributed by atoms with Crippen LogP contribution in [0.25, 0.3) is 0 Å². The molecule has 1 aromatic rings. The van der Waals surface area contributed by atoms with E-state index in [0.717, 1.165) is 11.3 Å². The van der Waals surface area contributed by atoms with E-state index in [1.807, 2.05) is 0 Å². The van der Waals surface area contributed by atoms with Gasteiger partial charge in [0.1, 0.15) is 6.04 Å². The summed E-state index contributed by atoms with van der Waals surface area (Å²) >= 11 is 0. The summed E-state index contributed by atoms with van der Waals surface area (Å²) in [6.45, 7) is 0.495. The Morgan fingerprint density at radius 3 is 2.81 bits per heavy atom. The van der Waals surface area contributed by atoms with E-state index >= 15 is 0 Å². The van der Waals surface area contributed by atoms with Crippen LogP contribution >= 0.6 is 0 Å². The minimum Gasteiger partial charge on any atom is -0.370 e. The molecule has 0 spiro atoms. The summed E-state index contributed by atoms with van der Waals surface area (Å²) < 4.78 is 1.69. The second kappa shape index (κ2) is 6.65. The molecule has 26 heavy (non-hydrogen) atoms. The van der Waals surface area contributed by atoms with Gasteiger partial charge in [0.25, 0.3) is 0 Å². The first-order chi connectivity index (χ1) is 12.3. The number of likely N-dealkylation sites (N-methyl/N-ethyl adjacent to an activating group) is 1. The molecule has 2 aliphatic rings. The maximum Gasteiger partial charge on any atom is 0.332 e. The van der Waals surface area contributed by atoms with Crippen molar-refractivity contribution in [1.29, 1.82) is 0 Å². The van der Waals surface area contributed by atoms with Gasteiger partial charge >= 0.3 is 12.0 Å². The van der Waals surface area contributed by atoms with Crippen LogP contribution in [0.2, 0.25) is 0 Å². The Morgan fingerprint density at radius 1 is 1.42 bits per heavy atom. The lowest BCUT2D eigenvalue weighted by molar-refractivity contribution is -0.149. The third-order valence-electron chi connectivity index (χ3n) is 4.67. The van der Waals surface area contributed by atoms with Crippen molar-refractivity contribution in [3.8, 4) is 0 Å². The van der Waals surface area contributed by atoms with Gasteiger partial charge in [-0.3, -0.25) is 14.5 Å². The molecule has 3 rings (SSSR count). The number of amidine groups is 1. The molecule has 1 aromatic heterocycles. The number of hydroxylamine groups is 1. The fraction of sp³-hybridized carbons (Fsp3) is 0.533. The Labute approximate surface area is 149 Å². The van der Waals surface area contributed by atoms with Gasteiger partial charge in [0.15, 0.2) is 5.84 Å². The van der Waals surface area contributed by atoms with Crippen LogP contribution in [0.5, 0.6) is 0 Å². The number of aryl methyl sites for hydroxylation is 1. The minimum atomic E-state index is -0.645. The van der Waals surface area contributed by atoms with Crippen molar-refractivity contribution in [1.82, 2.24) is 25.1 Å². The standard InChI is InChI=1S/C15H21N7O4/c1-17-14(19-26-11(24)5-4-10(16)23)13-12-8(6-18-21(12)3)9-7-22(13)15(25)20(9)2/h6,9,13H,4-5,7H2,1-3H3,(H2,16,23)(H,17,19)/t9-,13-/m0/s1. The first-order valence-electron chi connectivity index (χ1n) is 8.11. The van der Waals surface area contributed by atoms with Crippen LogP contribution in [0.15, 0.2) is 11.2 Å². The van der Waals surface area contributed by atoms with Crippen LogP contribution in [-0.4, -0.2) is 64.0 Å². The van der Waals surface area contributed by atoms with E-state index in [2.05, 4.69) is 15.6 Å². The number of urea groups is 1. The van der Waals surface area contributed by atoms with Gasteiger partial charge in [-0.15, -0.1) is 0 Å². The molecule has 1 fully saturated rings. The molecule has 0 aliphatic carbocycles. The number of carbonyl (C=O) groups excluding carboxylic acids is 3. The molecule has 0 unspecified atom stereocenters. The van der Waals surface area contributed by atoms with Crippen molar-refractivity contribution in [2.75, 3.05) is 20.6 Å². The Kier molecular flexibility index (Phi) is 4.53. The van der Waals surface area contributed by atoms with Crippen molar-refractivity contribution in [2.45, 2.75) is 24.9 Å². The van der Waals surface area contributed by atoms with Gasteiger partial charge in [-0.25, -0.2) is 15.1 Å². The van der Waals surface area contributed by atoms with Crippen molar-refractivity contribution in [3.63, 3.8) is 0 Å². The predicted molar refractivity (Wildman–Crippen MR) is 89.6 cm³/mol. The molecule has 3 amide bonds. The van der Waals surface area contributed by atoms with Gasteiger partial charge in [-0.2, -0.15) is 5.10 Å². The number of nitrogens with zero attached hydrogens (tertiary/aromatic N) is 5. The van der Waals surface area contributed by atoms with Crippen LogP contribution in [0, 0.1) is 0 Å². The van der Waals surface area contributed by atoms with E-state index in [4.69, 9.17) is 10.6 Å². The van der Waals surface area contributed by atoms with Crippen LogP contribution in [0.1, 0.15) is 36.2 Å². The van der Waals surface area contributed by atoms with E-state index in [9.17, 15) is 14.4 Å². The van der Waals surface area contributed by atoms with Crippen molar-refractivity contribution < 1.29 is 19.2 Å². The van der Waals surface area contributed by atoms with Gasteiger partial charge in [0.2, 0.25) is 5.91 Å². The summed E-state index contributed by atoms with van der Waals surface area (Å²) in [7, 11) is 5.06. The summed E-state index contributed by atoms with van der Waals surface area (Å²) in [4.78, 5) is 47.5. The monoisotopic (exact) mass is 363 g/mol. The lowest BCUT2D eigenvalue weighted by atomic mass is 9.97. The van der Waals surface area contributed by atoms with Crippen LogP contribution in [0.3, 0.4) is 0 Å². The predicted octanol–water partition coefficient (Wildman–Crippen LogP) is -0.775. The average molecular weight is 363 g/mol. The average Bonchev–Trinajstić information content (AvgIpc) is 3.10. The zero-order valence-corrected chi connectivity index (χ0v) is 14.8. The molecule has 2 aliphatic heterocycles. The maximum absolute atomic E-state index is 12.6. The third-order valence-corrected chi connectivity index (χ3v) is 4.67. The Balaban J connectivity index is 1.82. The SMILES string of the molecule is CN=C(NOC(=O)CCC(N)=O)[C@@H]1c2c(cnn2C)[C@@H]2CN1C(=O)N2C. The number of carbonyl (C=O) groups is 3. The molecule has 140 valence electrons. The summed E-state index contributed by atoms with van der Waals surface area (Å²) in [5.74, 6) is -0.937. The third kappa shape index (κ3) is 2.85. The molecule has 0 aromatic carbocycles. The molecular weight excluding hydrogens is 342 g/mol. The molecule has 3 N–H and O–H groups in total. The van der Waals surface area contributed by atoms with E-state index in [0.29, 0.717) is 12.4 Å². The van der Waals surface area contributed by atoms with E-state index in [-0.39, 0.29) is 24.9 Å². The summed E-state index contributed by atoms with van der Waals surface area (Å²) in [5.41, 5.74) is 9.29. The van der Waals surface area contributed by atoms with Crippen LogP contribution < -0.4 is 11.2 Å². The Hall–Kier alpha value is -3.11. The van der Waals surface area contributed by atoms with Gasteiger partial charge in [0, 0.05) is 39.7 Å². The second-order valence-corrected chi connectivity index (χ2v) is 6.22. The number of nitrogens with two attached hydrogens (primary N) is 1. The molecule has 2 bridgehead atoms. The highest BCUT2D eigenvalue weighted by Crippen LogP contribution is 2.42. The number of fused-ring (bicyclic) bond motifs is 4. The quantitative estimate of drug-likeness (QED) is 0.409. The maximum atomic E-state index is 12.6. The van der Waals surface area contributed by atoms with Gasteiger partial charge in [-0.1, -0.05) is 0 Å². The van der Waals surface area contributed by atoms with Gasteiger partial charge < -0.3 is 20.4 Å². The largest absolute Gasteiger partial charge is 0.370 e. The summed E-state index contributed by atoms with van der Waals surface area (Å²) in [6.07, 6.45) is 1.49. The summed E-state index contributed by atoms with van der Waals surface area (Å²) in [6, 6.07) is -0.766. The molecule has 11 nitrogen and oxygen atoms in total. The molecule has 3 heterocycles. The molecule has 0 saturated carbocycles. The number of hydrogen-bond acceptors (Lipinski definition) is 6. The fourth-order valence-electron chi connectivity index (χ4n) is 3.34. The normalized spacial score (nSPS) is 21.7. The lowest BCUT2D eigenvalue weighted by Crippen LogP contribution is -2.45. The van der Waals surface area contributed by atoms with E-state index in [1.165, 1.54) is 7.05 Å². The van der Waals surface area contributed by atoms with Crippen molar-refractivity contribution >= 4 is 23.7 Å². The van der Waals surface area contributed by atoms with E-state index in [1.54, 1.807) is 34.8 Å². The Morgan fingerprint density at radius 2 is 2.15 bits per heavy atom. The Bertz CT molecular complexity index is 787. The highest BCUT2D eigenvalue weighted by atomic mass is 16.7. The van der Waals surface area contributed by atoms with Crippen LogP contribution in [0.4, 0.5) is 4.79 Å². The van der Waals surface area contributed by atoms with Gasteiger partial charge in [0.05, 0.1) is 24.4 Å². The van der Waals surface area contributed by atoms with Crippen molar-refractivity contribution in [2.24, 2.45) is 17.8 Å². The number of primary amides is 1. The summed E-state index contributed by atoms with van der Waals surface area (Å²) in [5, 5.41) is 4.30. The smallest absolute Gasteiger partial charge is 0.332 e. The van der Waals surface area contributed by atoms with Gasteiger partial charge in [-0.05, 0) is 0 Å². The molecular formula is C15H21N7O4. The second-order valence-electron chi connectivity index (χ2n) is 6.22. The number of amides is 3. The van der Waals surface area contributed by atoms with Crippen molar-refractivity contribution in [3.05, 3.63) is 17.5 Å². The topological polar surface area (TPSA) is 135 Å². The lowest BCUT2D eigenvalue weighted by Gasteiger charge is -2.32. The van der Waals surface area contributed by atoms with Crippen LogP contribution in [-0.2, 0) is 21.5 Å². The first-order valence-corrected chi connectivity index (χ1v) is 8.11. The number of aromatic nitrogens is 2. The first kappa shape index (κ1) is 17.7. The zero-order valence-electron chi connectivity index (χ0n) is 14.8. The zero-order chi connectivity index (χ0) is 19.0. The minimum absolute atomic E-state index is 0.0707. The fourth-order valence-corrected chi connectivity index (χ4v) is 3.34. The highest BCUT2D eigenvalue weighted by molar-refractivity contribution is 5.94. The number of nitrogens with one attached hydrogen (secondary N) is 1. The van der Waals surface area contributed by atoms with E-state index < -0.39 is 17.9 Å². The highest BCUT2D eigenvalue weighted by Gasteiger charge is 2.49. The number of rotatable bonds is 4.